The van der Waals surface area contributed by atoms with Crippen molar-refractivity contribution in [3.63, 3.8) is 0 Å². The third kappa shape index (κ3) is 10.6. The standard InChI is InChI=1S/C39H69NO13/c1-15-28-21(4)32(50-26(9)41)22(5)30(42)19(2)17-38(10,46)35(53-37-31(43)27(40(12)13)16-20(3)48-37)23(6)33(24(7)36(45)51-28)52-29-18-39(11,47-14)34(44)25(8)49-29/h19-25,27-29,31-35,37,43-44,46H,15-18H2,1-14H3. The van der Waals surface area contributed by atoms with Crippen LogP contribution in [0.5, 0.6) is 0 Å². The van der Waals surface area contributed by atoms with Gasteiger partial charge in [-0.05, 0) is 68.0 Å². The van der Waals surface area contributed by atoms with E-state index >= 15 is 0 Å². The number of aliphatic hydroxyl groups is 3. The SMILES string of the molecule is CCC1OC(=O)C(C)C(OC2CC(C)(OC)C(O)C(C)O2)C(C)C(OC2OC(C)CC(N(C)C)C2O)C(C)(O)CC(C)C(=O)C(C)C(OC(C)=O)C1C. The molecule has 14 nitrogen and oxygen atoms in total. The first kappa shape index (κ1) is 45.6. The lowest BCUT2D eigenvalue weighted by Crippen LogP contribution is -2.60. The first-order valence-electron chi connectivity index (χ1n) is 19.3. The maximum absolute atomic E-state index is 14.2. The molecule has 3 saturated heterocycles. The molecule has 18 unspecified atom stereocenters. The van der Waals surface area contributed by atoms with Gasteiger partial charge in [0.05, 0.1) is 47.5 Å². The molecule has 0 amide bonds. The second kappa shape index (κ2) is 18.5. The van der Waals surface area contributed by atoms with E-state index in [1.165, 1.54) is 14.0 Å². The predicted molar refractivity (Wildman–Crippen MR) is 194 cm³/mol. The Hall–Kier alpha value is -1.75. The second-order valence-corrected chi connectivity index (χ2v) is 16.8. The van der Waals surface area contributed by atoms with E-state index in [1.807, 2.05) is 32.8 Å². The van der Waals surface area contributed by atoms with Gasteiger partial charge < -0.3 is 53.4 Å². The van der Waals surface area contributed by atoms with Crippen molar-refractivity contribution in [1.82, 2.24) is 4.90 Å². The van der Waals surface area contributed by atoms with Gasteiger partial charge in [0.25, 0.3) is 0 Å². The fraction of sp³-hybridized carbons (Fsp3) is 0.923. The molecule has 308 valence electrons. The van der Waals surface area contributed by atoms with E-state index in [2.05, 4.69) is 0 Å². The zero-order valence-electron chi connectivity index (χ0n) is 34.4. The molecular formula is C39H69NO13. The Morgan fingerprint density at radius 2 is 1.55 bits per heavy atom. The van der Waals surface area contributed by atoms with Gasteiger partial charge in [0.15, 0.2) is 12.6 Å². The lowest BCUT2D eigenvalue weighted by atomic mass is 9.74. The van der Waals surface area contributed by atoms with Crippen molar-refractivity contribution in [3.05, 3.63) is 0 Å². The number of nitrogens with zero attached hydrogens (tertiary/aromatic N) is 1. The van der Waals surface area contributed by atoms with Crippen LogP contribution >= 0.6 is 0 Å². The maximum Gasteiger partial charge on any atom is 0.311 e. The molecule has 3 aliphatic heterocycles. The van der Waals surface area contributed by atoms with Crippen molar-refractivity contribution in [1.29, 1.82) is 0 Å². The number of carbonyl (C=O) groups is 3. The van der Waals surface area contributed by atoms with Gasteiger partial charge in [0.2, 0.25) is 0 Å². The van der Waals surface area contributed by atoms with Crippen molar-refractivity contribution < 1.29 is 62.9 Å². The number of methoxy groups -OCH3 is 1. The number of aliphatic hydroxyl groups excluding tert-OH is 2. The average molecular weight is 760 g/mol. The van der Waals surface area contributed by atoms with E-state index in [0.29, 0.717) is 12.8 Å². The predicted octanol–water partition coefficient (Wildman–Crippen LogP) is 3.24. The molecule has 0 spiro atoms. The minimum absolute atomic E-state index is 0.0739. The first-order valence-corrected chi connectivity index (χ1v) is 19.3. The third-order valence-corrected chi connectivity index (χ3v) is 12.0. The highest BCUT2D eigenvalue weighted by Crippen LogP contribution is 2.40. The summed E-state index contributed by atoms with van der Waals surface area (Å²) in [7, 11) is 5.22. The van der Waals surface area contributed by atoms with Crippen LogP contribution in [0.15, 0.2) is 0 Å². The highest BCUT2D eigenvalue weighted by Gasteiger charge is 2.52. The molecule has 0 saturated carbocycles. The summed E-state index contributed by atoms with van der Waals surface area (Å²) in [5.74, 6) is -5.27. The van der Waals surface area contributed by atoms with E-state index < -0.39 is 108 Å². The van der Waals surface area contributed by atoms with Crippen molar-refractivity contribution in [2.75, 3.05) is 21.2 Å². The van der Waals surface area contributed by atoms with Crippen molar-refractivity contribution in [3.8, 4) is 0 Å². The van der Waals surface area contributed by atoms with Gasteiger partial charge in [-0.2, -0.15) is 0 Å². The molecule has 0 aromatic carbocycles. The second-order valence-electron chi connectivity index (χ2n) is 16.8. The van der Waals surface area contributed by atoms with Crippen LogP contribution in [0.25, 0.3) is 0 Å². The average Bonchev–Trinajstić information content (AvgIpc) is 3.08. The molecule has 0 radical (unpaired) electrons. The molecule has 18 atom stereocenters. The Morgan fingerprint density at radius 1 is 0.925 bits per heavy atom. The van der Waals surface area contributed by atoms with Crippen LogP contribution in [-0.4, -0.2) is 138 Å². The van der Waals surface area contributed by atoms with E-state index in [4.69, 9.17) is 33.2 Å². The molecule has 0 aromatic rings. The summed E-state index contributed by atoms with van der Waals surface area (Å²) in [4.78, 5) is 42.6. The fourth-order valence-electron chi connectivity index (χ4n) is 8.74. The highest BCUT2D eigenvalue weighted by atomic mass is 16.7. The zero-order chi connectivity index (χ0) is 40.3. The van der Waals surface area contributed by atoms with Gasteiger partial charge in [-0.1, -0.05) is 34.6 Å². The maximum atomic E-state index is 14.2. The minimum Gasteiger partial charge on any atom is -0.462 e. The molecule has 3 heterocycles. The molecule has 3 N–H and O–H groups in total. The monoisotopic (exact) mass is 759 g/mol. The third-order valence-electron chi connectivity index (χ3n) is 12.0. The molecule has 3 rings (SSSR count). The van der Waals surface area contributed by atoms with Gasteiger partial charge in [-0.15, -0.1) is 0 Å². The molecule has 53 heavy (non-hydrogen) atoms. The quantitative estimate of drug-likeness (QED) is 0.307. The number of carbonyl (C=O) groups excluding carboxylic acids is 3. The van der Waals surface area contributed by atoms with E-state index in [9.17, 15) is 29.7 Å². The topological polar surface area (TPSA) is 180 Å². The van der Waals surface area contributed by atoms with Crippen LogP contribution in [-0.2, 0) is 47.5 Å². The van der Waals surface area contributed by atoms with Crippen molar-refractivity contribution >= 4 is 17.7 Å². The summed E-state index contributed by atoms with van der Waals surface area (Å²) < 4.78 is 43.3. The molecule has 3 aliphatic rings. The molecule has 3 fully saturated rings. The van der Waals surface area contributed by atoms with Crippen LogP contribution < -0.4 is 0 Å². The summed E-state index contributed by atoms with van der Waals surface area (Å²) in [6.07, 6.45) is -8.01. The Bertz CT molecular complexity index is 1230. The number of ketones is 1. The Labute approximate surface area is 316 Å². The van der Waals surface area contributed by atoms with Gasteiger partial charge in [0.1, 0.15) is 30.2 Å². The lowest BCUT2D eigenvalue weighted by molar-refractivity contribution is -0.317. The molecule has 0 bridgehead atoms. The Morgan fingerprint density at radius 3 is 2.09 bits per heavy atom. The van der Waals surface area contributed by atoms with Gasteiger partial charge >= 0.3 is 11.9 Å². The van der Waals surface area contributed by atoms with E-state index in [-0.39, 0.29) is 30.8 Å². The smallest absolute Gasteiger partial charge is 0.311 e. The van der Waals surface area contributed by atoms with Crippen LogP contribution in [0.2, 0.25) is 0 Å². The number of hydrogen-bond acceptors (Lipinski definition) is 14. The molecule has 0 aromatic heterocycles. The summed E-state index contributed by atoms with van der Waals surface area (Å²) in [6.45, 7) is 18.7. The van der Waals surface area contributed by atoms with Crippen LogP contribution in [0.1, 0.15) is 102 Å². The fourth-order valence-corrected chi connectivity index (χ4v) is 8.74. The Kier molecular flexibility index (Phi) is 15.9. The summed E-state index contributed by atoms with van der Waals surface area (Å²) >= 11 is 0. The number of rotatable bonds is 8. The van der Waals surface area contributed by atoms with Crippen molar-refractivity contribution in [2.24, 2.45) is 29.6 Å². The molecular weight excluding hydrogens is 690 g/mol. The van der Waals surface area contributed by atoms with Gasteiger partial charge in [-0.3, -0.25) is 14.4 Å². The minimum atomic E-state index is -1.76. The number of hydrogen-bond donors (Lipinski definition) is 3. The number of ether oxygens (including phenoxy) is 7. The van der Waals surface area contributed by atoms with Crippen molar-refractivity contribution in [2.45, 2.75) is 181 Å². The summed E-state index contributed by atoms with van der Waals surface area (Å²) in [5, 5.41) is 34.9. The lowest BCUT2D eigenvalue weighted by Gasteiger charge is -2.49. The number of likely N-dealkylation sites (N-methyl/N-ethyl adjacent to an activating group) is 1. The largest absolute Gasteiger partial charge is 0.462 e. The Balaban J connectivity index is 2.19. The summed E-state index contributed by atoms with van der Waals surface area (Å²) in [6, 6.07) is -0.314. The molecule has 14 heteroatoms. The van der Waals surface area contributed by atoms with Crippen LogP contribution in [0.3, 0.4) is 0 Å². The van der Waals surface area contributed by atoms with E-state index in [1.54, 1.807) is 55.4 Å². The number of esters is 2. The summed E-state index contributed by atoms with van der Waals surface area (Å²) in [5.41, 5.74) is -2.79. The van der Waals surface area contributed by atoms with Crippen LogP contribution in [0.4, 0.5) is 0 Å². The van der Waals surface area contributed by atoms with Crippen LogP contribution in [0, 0.1) is 29.6 Å². The van der Waals surface area contributed by atoms with Gasteiger partial charge in [-0.25, -0.2) is 0 Å². The van der Waals surface area contributed by atoms with E-state index in [0.717, 1.165) is 0 Å². The highest BCUT2D eigenvalue weighted by molar-refractivity contribution is 5.84. The first-order chi connectivity index (χ1) is 24.5. The number of cyclic esters (lactones) is 1. The van der Waals surface area contributed by atoms with Gasteiger partial charge in [0, 0.05) is 44.2 Å². The normalized spacial score (nSPS) is 46.8. The zero-order valence-corrected chi connectivity index (χ0v) is 34.4. The number of Topliss-reactive ketones (excluding diaryl/α,β-unsaturated/α-hetero) is 1. The molecule has 0 aliphatic carbocycles.